The third-order valence-corrected chi connectivity index (χ3v) is 2.08. The zero-order valence-electron chi connectivity index (χ0n) is 8.56. The summed E-state index contributed by atoms with van der Waals surface area (Å²) in [5.74, 6) is 0. The largest absolute Gasteiger partial charge is 0.103 e. The first kappa shape index (κ1) is 11.2. The lowest BCUT2D eigenvalue weighted by atomic mass is 9.83. The molecule has 68 valence electrons. The van der Waals surface area contributed by atoms with Crippen molar-refractivity contribution in [3.8, 4) is 0 Å². The molecule has 0 aromatic carbocycles. The second-order valence-electron chi connectivity index (χ2n) is 3.84. The predicted molar refractivity (Wildman–Crippen MR) is 57.2 cm³/mol. The van der Waals surface area contributed by atoms with Gasteiger partial charge in [-0.3, -0.25) is 0 Å². The Balaban J connectivity index is 4.23. The molecular formula is C12H20. The van der Waals surface area contributed by atoms with Crippen LogP contribution in [0.4, 0.5) is 0 Å². The van der Waals surface area contributed by atoms with E-state index in [1.54, 1.807) is 0 Å². The summed E-state index contributed by atoms with van der Waals surface area (Å²) in [4.78, 5) is 0. The summed E-state index contributed by atoms with van der Waals surface area (Å²) in [5.41, 5.74) is 1.56. The molecule has 12 heavy (non-hydrogen) atoms. The van der Waals surface area contributed by atoms with Crippen molar-refractivity contribution in [2.24, 2.45) is 5.41 Å². The molecule has 0 aliphatic carbocycles. The van der Waals surface area contributed by atoms with Crippen LogP contribution in [0, 0.1) is 5.41 Å². The van der Waals surface area contributed by atoms with Gasteiger partial charge >= 0.3 is 0 Å². The van der Waals surface area contributed by atoms with Crippen molar-refractivity contribution in [1.29, 1.82) is 0 Å². The van der Waals surface area contributed by atoms with E-state index >= 15 is 0 Å². The number of hydrogen-bond donors (Lipinski definition) is 0. The standard InChI is InChI=1S/C12H20/c1-6-9-12(5,7-2)10-8-11(3)4/h6-8H,1-2,9-10H2,3-5H3. The molecule has 1 atom stereocenters. The molecule has 0 nitrogen and oxygen atoms in total. The molecule has 0 rings (SSSR count). The molecule has 0 aliphatic rings. The van der Waals surface area contributed by atoms with Crippen LogP contribution in [0.3, 0.4) is 0 Å². The average molecular weight is 164 g/mol. The van der Waals surface area contributed by atoms with Gasteiger partial charge in [0, 0.05) is 0 Å². The molecule has 0 saturated carbocycles. The molecule has 0 heterocycles. The van der Waals surface area contributed by atoms with Gasteiger partial charge in [0.05, 0.1) is 0 Å². The van der Waals surface area contributed by atoms with Gasteiger partial charge in [-0.1, -0.05) is 30.7 Å². The van der Waals surface area contributed by atoms with Crippen LogP contribution in [0.5, 0.6) is 0 Å². The van der Waals surface area contributed by atoms with Crippen LogP contribution in [0.1, 0.15) is 33.6 Å². The zero-order chi connectivity index (χ0) is 9.61. The Morgan fingerprint density at radius 1 is 1.25 bits per heavy atom. The van der Waals surface area contributed by atoms with Crippen molar-refractivity contribution in [2.75, 3.05) is 0 Å². The zero-order valence-corrected chi connectivity index (χ0v) is 8.56. The summed E-state index contributed by atoms with van der Waals surface area (Å²) in [5, 5.41) is 0. The van der Waals surface area contributed by atoms with Gasteiger partial charge in [0.2, 0.25) is 0 Å². The van der Waals surface area contributed by atoms with E-state index in [2.05, 4.69) is 40.0 Å². The van der Waals surface area contributed by atoms with Gasteiger partial charge < -0.3 is 0 Å². The second-order valence-corrected chi connectivity index (χ2v) is 3.84. The minimum atomic E-state index is 0.193. The maximum absolute atomic E-state index is 3.85. The maximum atomic E-state index is 3.85. The van der Waals surface area contributed by atoms with E-state index in [1.165, 1.54) is 5.57 Å². The van der Waals surface area contributed by atoms with E-state index < -0.39 is 0 Å². The van der Waals surface area contributed by atoms with E-state index in [4.69, 9.17) is 0 Å². The highest BCUT2D eigenvalue weighted by atomic mass is 14.2. The highest BCUT2D eigenvalue weighted by Crippen LogP contribution is 2.28. The van der Waals surface area contributed by atoms with Crippen LogP contribution in [0.15, 0.2) is 37.0 Å². The first-order valence-electron chi connectivity index (χ1n) is 4.42. The summed E-state index contributed by atoms with van der Waals surface area (Å²) in [6, 6.07) is 0. The fourth-order valence-electron chi connectivity index (χ4n) is 1.02. The summed E-state index contributed by atoms with van der Waals surface area (Å²) >= 11 is 0. The lowest BCUT2D eigenvalue weighted by molar-refractivity contribution is 0.441. The minimum absolute atomic E-state index is 0.193. The van der Waals surface area contributed by atoms with E-state index in [9.17, 15) is 0 Å². The van der Waals surface area contributed by atoms with E-state index in [0.717, 1.165) is 12.8 Å². The normalized spacial score (nSPS) is 14.6. The van der Waals surface area contributed by atoms with Gasteiger partial charge in [-0.2, -0.15) is 0 Å². The Morgan fingerprint density at radius 3 is 2.17 bits per heavy atom. The molecule has 0 aromatic heterocycles. The van der Waals surface area contributed by atoms with Crippen molar-refractivity contribution in [3.05, 3.63) is 37.0 Å². The summed E-state index contributed by atoms with van der Waals surface area (Å²) < 4.78 is 0. The summed E-state index contributed by atoms with van der Waals surface area (Å²) in [6.07, 6.45) is 8.30. The monoisotopic (exact) mass is 164 g/mol. The van der Waals surface area contributed by atoms with E-state index in [0.29, 0.717) is 0 Å². The van der Waals surface area contributed by atoms with Crippen LogP contribution >= 0.6 is 0 Å². The highest BCUT2D eigenvalue weighted by molar-refractivity contribution is 5.04. The van der Waals surface area contributed by atoms with Gasteiger partial charge in [-0.05, 0) is 32.1 Å². The quantitative estimate of drug-likeness (QED) is 0.536. The van der Waals surface area contributed by atoms with Crippen LogP contribution in [-0.2, 0) is 0 Å². The molecular weight excluding hydrogens is 144 g/mol. The molecule has 0 radical (unpaired) electrons. The number of allylic oxidation sites excluding steroid dienone is 4. The number of rotatable bonds is 5. The van der Waals surface area contributed by atoms with Crippen LogP contribution in [0.25, 0.3) is 0 Å². The molecule has 0 amide bonds. The fraction of sp³-hybridized carbons (Fsp3) is 0.500. The average Bonchev–Trinajstić information content (AvgIpc) is 2.02. The third kappa shape index (κ3) is 4.17. The molecule has 0 N–H and O–H groups in total. The van der Waals surface area contributed by atoms with Gasteiger partial charge in [0.25, 0.3) is 0 Å². The van der Waals surface area contributed by atoms with Crippen molar-refractivity contribution >= 4 is 0 Å². The molecule has 0 bridgehead atoms. The second kappa shape index (κ2) is 4.97. The first-order chi connectivity index (χ1) is 5.54. The van der Waals surface area contributed by atoms with Crippen molar-refractivity contribution in [1.82, 2.24) is 0 Å². The summed E-state index contributed by atoms with van der Waals surface area (Å²) in [7, 11) is 0. The van der Waals surface area contributed by atoms with Gasteiger partial charge in [-0.25, -0.2) is 0 Å². The van der Waals surface area contributed by atoms with Crippen LogP contribution in [-0.4, -0.2) is 0 Å². The van der Waals surface area contributed by atoms with Gasteiger partial charge in [0.15, 0.2) is 0 Å². The molecule has 1 unspecified atom stereocenters. The molecule has 0 saturated heterocycles. The van der Waals surface area contributed by atoms with Crippen LogP contribution in [0.2, 0.25) is 0 Å². The topological polar surface area (TPSA) is 0 Å². The summed E-state index contributed by atoms with van der Waals surface area (Å²) in [6.45, 7) is 14.1. The Kier molecular flexibility index (Phi) is 4.65. The molecule has 0 heteroatoms. The minimum Gasteiger partial charge on any atom is -0.103 e. The first-order valence-corrected chi connectivity index (χ1v) is 4.42. The van der Waals surface area contributed by atoms with Crippen molar-refractivity contribution < 1.29 is 0 Å². The van der Waals surface area contributed by atoms with Gasteiger partial charge in [-0.15, -0.1) is 13.2 Å². The van der Waals surface area contributed by atoms with E-state index in [-0.39, 0.29) is 5.41 Å². The molecule has 0 aromatic rings. The van der Waals surface area contributed by atoms with Crippen LogP contribution < -0.4 is 0 Å². The Labute approximate surface area is 76.7 Å². The molecule has 0 aliphatic heterocycles. The number of hydrogen-bond acceptors (Lipinski definition) is 0. The van der Waals surface area contributed by atoms with E-state index in [1.807, 2.05) is 12.2 Å². The highest BCUT2D eigenvalue weighted by Gasteiger charge is 2.15. The van der Waals surface area contributed by atoms with Crippen molar-refractivity contribution in [2.45, 2.75) is 33.6 Å². The third-order valence-electron chi connectivity index (χ3n) is 2.08. The van der Waals surface area contributed by atoms with Crippen molar-refractivity contribution in [3.63, 3.8) is 0 Å². The SMILES string of the molecule is C=CCC(C)(C=C)CC=C(C)C. The lowest BCUT2D eigenvalue weighted by Gasteiger charge is -2.22. The Hall–Kier alpha value is -0.780. The molecule has 0 spiro atoms. The Morgan fingerprint density at radius 2 is 1.83 bits per heavy atom. The fourth-order valence-corrected chi connectivity index (χ4v) is 1.02. The lowest BCUT2D eigenvalue weighted by Crippen LogP contribution is -2.10. The van der Waals surface area contributed by atoms with Gasteiger partial charge in [0.1, 0.15) is 0 Å². The maximum Gasteiger partial charge on any atom is -0.00803 e. The smallest absolute Gasteiger partial charge is 0.00803 e. The predicted octanol–water partition coefficient (Wildman–Crippen LogP) is 4.11. The Bertz CT molecular complexity index is 182. The molecule has 0 fully saturated rings.